The van der Waals surface area contributed by atoms with E-state index in [1.54, 1.807) is 51.1 Å². The number of carbonyl (C=O) groups is 3. The minimum absolute atomic E-state index is 0.0288. The molecule has 2 aromatic rings. The lowest BCUT2D eigenvalue weighted by Crippen LogP contribution is -2.51. The van der Waals surface area contributed by atoms with Crippen LogP contribution in [0.15, 0.2) is 53.4 Å². The molecular weight excluding hydrogens is 506 g/mol. The molecule has 8 nitrogen and oxygen atoms in total. The van der Waals surface area contributed by atoms with Crippen molar-refractivity contribution in [3.05, 3.63) is 59.7 Å². The number of hydrogen-bond acceptors (Lipinski definition) is 6. The van der Waals surface area contributed by atoms with Gasteiger partial charge < -0.3 is 15.0 Å². The highest BCUT2D eigenvalue weighted by molar-refractivity contribution is 7.91. The Hall–Kier alpha value is -3.34. The molecular formula is C26H28F2N2O6S. The molecule has 37 heavy (non-hydrogen) atoms. The van der Waals surface area contributed by atoms with Crippen molar-refractivity contribution in [2.24, 2.45) is 5.92 Å². The van der Waals surface area contributed by atoms with Gasteiger partial charge in [0.2, 0.25) is 0 Å². The third-order valence-electron chi connectivity index (χ3n) is 6.12. The molecule has 2 atom stereocenters. The molecule has 1 fully saturated rings. The number of amides is 2. The predicted octanol–water partition coefficient (Wildman–Crippen LogP) is 4.13. The summed E-state index contributed by atoms with van der Waals surface area (Å²) in [6, 6.07) is 11.1. The SMILES string of the molecule is CC(C)(C)OC(=O)N[C@H]1CS(=O)(=O)c2ccc(C(=O)C[C@@H]3CC3(F)F)cc2N(Cc2ccccc2)C1=O. The van der Waals surface area contributed by atoms with Crippen LogP contribution in [-0.4, -0.2) is 49.5 Å². The summed E-state index contributed by atoms with van der Waals surface area (Å²) in [6.45, 7) is 4.84. The molecule has 2 aromatic carbocycles. The van der Waals surface area contributed by atoms with Crippen LogP contribution >= 0.6 is 0 Å². The summed E-state index contributed by atoms with van der Waals surface area (Å²) in [5.41, 5.74) is -0.222. The summed E-state index contributed by atoms with van der Waals surface area (Å²) < 4.78 is 58.6. The van der Waals surface area contributed by atoms with Crippen molar-refractivity contribution < 1.29 is 36.3 Å². The standard InChI is InChI=1S/C26H28F2N2O6S/c1-25(2,3)36-24(33)29-19-15-37(34,35)22-10-9-17(21(31)12-18-13-26(18,27)28)11-20(22)30(23(19)32)14-16-7-5-4-6-8-16/h4-11,18-19H,12-15H2,1-3H3,(H,29,33)/t18-,19+/m1/s1. The zero-order valence-electron chi connectivity index (χ0n) is 20.7. The molecule has 1 saturated carbocycles. The first kappa shape index (κ1) is 26.7. The second-order valence-corrected chi connectivity index (χ2v) is 12.4. The summed E-state index contributed by atoms with van der Waals surface area (Å²) in [5, 5.41) is 2.37. The zero-order chi connectivity index (χ0) is 27.2. The number of fused-ring (bicyclic) bond motifs is 1. The quantitative estimate of drug-likeness (QED) is 0.558. The second kappa shape index (κ2) is 9.51. The molecule has 198 valence electrons. The Morgan fingerprint density at radius 2 is 1.78 bits per heavy atom. The molecule has 0 saturated heterocycles. The number of hydrogen-bond donors (Lipinski definition) is 1. The van der Waals surface area contributed by atoms with Gasteiger partial charge in [0.05, 0.1) is 22.9 Å². The minimum Gasteiger partial charge on any atom is -0.444 e. The lowest BCUT2D eigenvalue weighted by atomic mass is 10.0. The topological polar surface area (TPSA) is 110 Å². The van der Waals surface area contributed by atoms with Crippen molar-refractivity contribution in [3.8, 4) is 0 Å². The molecule has 0 spiro atoms. The van der Waals surface area contributed by atoms with E-state index < -0.39 is 56.9 Å². The van der Waals surface area contributed by atoms with E-state index in [0.29, 0.717) is 5.56 Å². The Labute approximate surface area is 213 Å². The van der Waals surface area contributed by atoms with E-state index in [0.717, 1.165) is 0 Å². The normalized spacial score (nSPS) is 22.0. The van der Waals surface area contributed by atoms with Crippen molar-refractivity contribution in [2.75, 3.05) is 10.7 Å². The van der Waals surface area contributed by atoms with Crippen LogP contribution in [0.1, 0.15) is 49.5 Å². The monoisotopic (exact) mass is 534 g/mol. The fraction of sp³-hybridized carbons (Fsp3) is 0.423. The number of alkyl carbamates (subject to hydrolysis) is 1. The second-order valence-electron chi connectivity index (χ2n) is 10.4. The van der Waals surface area contributed by atoms with E-state index in [1.807, 2.05) is 0 Å². The number of nitrogens with zero attached hydrogens (tertiary/aromatic N) is 1. The van der Waals surface area contributed by atoms with Crippen LogP contribution < -0.4 is 10.2 Å². The lowest BCUT2D eigenvalue weighted by molar-refractivity contribution is -0.120. The number of ether oxygens (including phenoxy) is 1. The maximum atomic E-state index is 13.7. The van der Waals surface area contributed by atoms with Gasteiger partial charge in [-0.1, -0.05) is 30.3 Å². The van der Waals surface area contributed by atoms with Crippen LogP contribution in [0.25, 0.3) is 0 Å². The summed E-state index contributed by atoms with van der Waals surface area (Å²) in [5.74, 6) is -5.92. The van der Waals surface area contributed by atoms with Gasteiger partial charge in [0, 0.05) is 24.3 Å². The molecule has 1 N–H and O–H groups in total. The highest BCUT2D eigenvalue weighted by Crippen LogP contribution is 2.51. The Morgan fingerprint density at radius 3 is 2.38 bits per heavy atom. The van der Waals surface area contributed by atoms with Crippen LogP contribution in [0, 0.1) is 5.92 Å². The van der Waals surface area contributed by atoms with Gasteiger partial charge in [-0.3, -0.25) is 9.59 Å². The number of sulfone groups is 1. The van der Waals surface area contributed by atoms with Gasteiger partial charge in [-0.2, -0.15) is 0 Å². The number of ketones is 1. The highest BCUT2D eigenvalue weighted by Gasteiger charge is 2.57. The van der Waals surface area contributed by atoms with Gasteiger partial charge in [0.25, 0.3) is 11.8 Å². The molecule has 4 rings (SSSR count). The Balaban J connectivity index is 1.73. The van der Waals surface area contributed by atoms with Crippen LogP contribution in [0.2, 0.25) is 0 Å². The number of carbonyl (C=O) groups excluding carboxylic acids is 3. The van der Waals surface area contributed by atoms with Crippen molar-refractivity contribution in [2.45, 2.75) is 62.6 Å². The number of anilines is 1. The van der Waals surface area contributed by atoms with Crippen molar-refractivity contribution in [3.63, 3.8) is 0 Å². The first-order valence-corrected chi connectivity index (χ1v) is 13.4. The third-order valence-corrected chi connectivity index (χ3v) is 7.91. The minimum atomic E-state index is -4.11. The first-order valence-electron chi connectivity index (χ1n) is 11.8. The molecule has 0 bridgehead atoms. The molecule has 0 radical (unpaired) electrons. The van der Waals surface area contributed by atoms with Crippen LogP contribution in [0.3, 0.4) is 0 Å². The van der Waals surface area contributed by atoms with E-state index in [4.69, 9.17) is 4.74 Å². The fourth-order valence-corrected chi connectivity index (χ4v) is 5.77. The summed E-state index contributed by atoms with van der Waals surface area (Å²) in [4.78, 5) is 39.8. The number of Topliss-reactive ketones (excluding diaryl/α,β-unsaturated/α-hetero) is 1. The van der Waals surface area contributed by atoms with Crippen LogP contribution in [0.4, 0.5) is 19.3 Å². The number of nitrogens with one attached hydrogen (secondary N) is 1. The number of alkyl halides is 2. The molecule has 0 unspecified atom stereocenters. The maximum absolute atomic E-state index is 13.7. The van der Waals surface area contributed by atoms with Crippen molar-refractivity contribution in [1.29, 1.82) is 0 Å². The Bertz CT molecular complexity index is 1340. The molecule has 2 aliphatic rings. The smallest absolute Gasteiger partial charge is 0.408 e. The number of halogens is 2. The number of benzene rings is 2. The average molecular weight is 535 g/mol. The largest absolute Gasteiger partial charge is 0.444 e. The van der Waals surface area contributed by atoms with Gasteiger partial charge in [0.15, 0.2) is 15.6 Å². The summed E-state index contributed by atoms with van der Waals surface area (Å²) in [7, 11) is -4.11. The fourth-order valence-electron chi connectivity index (χ4n) is 4.17. The van der Waals surface area contributed by atoms with Crippen molar-refractivity contribution >= 4 is 33.3 Å². The molecule has 1 aliphatic carbocycles. The van der Waals surface area contributed by atoms with E-state index >= 15 is 0 Å². The van der Waals surface area contributed by atoms with Gasteiger partial charge in [-0.05, 0) is 44.5 Å². The van der Waals surface area contributed by atoms with E-state index in [2.05, 4.69) is 5.32 Å². The van der Waals surface area contributed by atoms with Gasteiger partial charge in [-0.15, -0.1) is 0 Å². The number of rotatable bonds is 6. The molecule has 0 aromatic heterocycles. The first-order chi connectivity index (χ1) is 17.2. The highest BCUT2D eigenvalue weighted by atomic mass is 32.2. The Morgan fingerprint density at radius 1 is 1.14 bits per heavy atom. The lowest BCUT2D eigenvalue weighted by Gasteiger charge is -2.27. The van der Waals surface area contributed by atoms with Gasteiger partial charge >= 0.3 is 6.09 Å². The molecule has 2 amide bonds. The Kier molecular flexibility index (Phi) is 6.87. The van der Waals surface area contributed by atoms with E-state index in [9.17, 15) is 31.6 Å². The van der Waals surface area contributed by atoms with Crippen LogP contribution in [0.5, 0.6) is 0 Å². The zero-order valence-corrected chi connectivity index (χ0v) is 21.5. The molecule has 11 heteroatoms. The molecule has 1 aliphatic heterocycles. The maximum Gasteiger partial charge on any atom is 0.408 e. The summed E-state index contributed by atoms with van der Waals surface area (Å²) in [6.07, 6.45) is -1.70. The molecule has 1 heterocycles. The van der Waals surface area contributed by atoms with Gasteiger partial charge in [-0.25, -0.2) is 22.0 Å². The predicted molar refractivity (Wildman–Crippen MR) is 131 cm³/mol. The van der Waals surface area contributed by atoms with Crippen LogP contribution in [-0.2, 0) is 25.9 Å². The van der Waals surface area contributed by atoms with Crippen molar-refractivity contribution in [1.82, 2.24) is 5.32 Å². The van der Waals surface area contributed by atoms with E-state index in [-0.39, 0.29) is 35.5 Å². The third kappa shape index (κ3) is 6.15. The van der Waals surface area contributed by atoms with E-state index in [1.165, 1.54) is 23.1 Å². The average Bonchev–Trinajstić information content (AvgIpc) is 3.41. The van der Waals surface area contributed by atoms with Gasteiger partial charge in [0.1, 0.15) is 11.6 Å². The summed E-state index contributed by atoms with van der Waals surface area (Å²) >= 11 is 0.